The Bertz CT molecular complexity index is 3000. The van der Waals surface area contributed by atoms with Gasteiger partial charge in [-0.25, -0.2) is 0 Å². The number of carboxylic acids is 3. The van der Waals surface area contributed by atoms with Gasteiger partial charge >= 0.3 is 17.9 Å². The minimum atomic E-state index is -1.14. The molecule has 2 aliphatic carbocycles. The maximum Gasteiger partial charge on any atom is 0.306 e. The first-order chi connectivity index (χ1) is 50.7. The van der Waals surface area contributed by atoms with E-state index in [-0.39, 0.29) is 177 Å². The average Bonchev–Trinajstić information content (AvgIpc) is 1.73. The molecule has 0 spiro atoms. The third-order valence-corrected chi connectivity index (χ3v) is 19.6. The van der Waals surface area contributed by atoms with Gasteiger partial charge in [0.05, 0.1) is 136 Å². The molecule has 10 N–H and O–H groups in total. The number of Topliss-reactive ketones (excluding diaryl/α,β-unsaturated/α-hetero) is 2. The molecule has 2 aromatic carbocycles. The van der Waals surface area contributed by atoms with E-state index in [1.807, 2.05) is 20.8 Å². The lowest BCUT2D eigenvalue weighted by atomic mass is 9.78. The van der Waals surface area contributed by atoms with Gasteiger partial charge < -0.3 is 85.4 Å². The number of likely N-dealkylation sites (tertiary alicyclic amines) is 1. The molecule has 105 heavy (non-hydrogen) atoms. The van der Waals surface area contributed by atoms with Crippen molar-refractivity contribution in [3.05, 3.63) is 69.8 Å². The quantitative estimate of drug-likeness (QED) is 0.0308. The number of ketones is 2. The summed E-state index contributed by atoms with van der Waals surface area (Å²) in [6, 6.07) is 12.7. The van der Waals surface area contributed by atoms with Crippen LogP contribution in [0.5, 0.6) is 0 Å². The molecule has 9 atom stereocenters. The van der Waals surface area contributed by atoms with Gasteiger partial charge in [0.2, 0.25) is 23.6 Å². The van der Waals surface area contributed by atoms with E-state index in [0.717, 1.165) is 60.1 Å². The number of carbonyl (C=O) groups is 10. The Morgan fingerprint density at radius 3 is 1.40 bits per heavy atom. The Hall–Kier alpha value is -6.70. The molecule has 0 bridgehead atoms. The summed E-state index contributed by atoms with van der Waals surface area (Å²) in [5, 5.41) is 39.3. The largest absolute Gasteiger partial charge is 0.481 e. The topological polar surface area (TPSA) is 406 Å². The van der Waals surface area contributed by atoms with Crippen molar-refractivity contribution in [2.24, 2.45) is 47.0 Å². The van der Waals surface area contributed by atoms with Crippen molar-refractivity contribution >= 4 is 59.0 Å². The van der Waals surface area contributed by atoms with Crippen molar-refractivity contribution < 1.29 is 106 Å². The molecule has 5 rings (SSSR count). The van der Waals surface area contributed by atoms with E-state index in [1.165, 1.54) is 16.7 Å². The van der Waals surface area contributed by atoms with Crippen LogP contribution >= 0.6 is 0 Å². The summed E-state index contributed by atoms with van der Waals surface area (Å²) >= 11 is 0. The molecule has 0 radical (unpaired) electrons. The van der Waals surface area contributed by atoms with E-state index in [9.17, 15) is 63.3 Å². The molecular weight excluding hydrogens is 1360 g/mol. The minimum absolute atomic E-state index is 0.00679. The highest BCUT2D eigenvalue weighted by atomic mass is 16.6. The Labute approximate surface area is 618 Å². The van der Waals surface area contributed by atoms with Crippen molar-refractivity contribution in [3.63, 3.8) is 0 Å². The summed E-state index contributed by atoms with van der Waals surface area (Å²) in [4.78, 5) is 131. The number of aryl methyl sites for hydroxylation is 4. The van der Waals surface area contributed by atoms with Crippen LogP contribution in [-0.4, -0.2) is 236 Å². The van der Waals surface area contributed by atoms with E-state index >= 15 is 0 Å². The number of hydrogen-bond acceptors (Lipinski definition) is 21. The Morgan fingerprint density at radius 1 is 0.486 bits per heavy atom. The molecule has 3 aliphatic rings. The molecule has 2 fully saturated rings. The van der Waals surface area contributed by atoms with Crippen molar-refractivity contribution in [2.75, 3.05) is 145 Å². The number of hydrogen-bond donors (Lipinski definition) is 8. The molecule has 590 valence electrons. The summed E-state index contributed by atoms with van der Waals surface area (Å²) in [5.74, 6) is -11.0. The number of rotatable bonds is 61. The highest BCUT2D eigenvalue weighted by molar-refractivity contribution is 6.05. The van der Waals surface area contributed by atoms with E-state index < -0.39 is 65.4 Å². The number of fused-ring (bicyclic) bond motifs is 2. The van der Waals surface area contributed by atoms with Crippen LogP contribution in [-0.2, 0) is 116 Å². The van der Waals surface area contributed by atoms with Gasteiger partial charge in [0.1, 0.15) is 11.9 Å². The fraction of sp³-hybridized carbons (Fsp3) is 0.714. The predicted molar refractivity (Wildman–Crippen MR) is 388 cm³/mol. The fourth-order valence-corrected chi connectivity index (χ4v) is 13.2. The number of ether oxygens (including phenoxy) is 9. The van der Waals surface area contributed by atoms with E-state index in [2.05, 4.69) is 52.3 Å². The van der Waals surface area contributed by atoms with Crippen molar-refractivity contribution in [2.45, 2.75) is 174 Å². The smallest absolute Gasteiger partial charge is 0.306 e. The number of benzene rings is 2. The summed E-state index contributed by atoms with van der Waals surface area (Å²) in [6.45, 7) is 13.2. The zero-order valence-corrected chi connectivity index (χ0v) is 62.4. The monoisotopic (exact) mass is 1480 g/mol. The summed E-state index contributed by atoms with van der Waals surface area (Å²) in [7, 11) is 0. The van der Waals surface area contributed by atoms with Crippen LogP contribution in [0.15, 0.2) is 36.4 Å². The van der Waals surface area contributed by atoms with Gasteiger partial charge in [-0.1, -0.05) is 64.1 Å². The molecule has 1 aliphatic heterocycles. The van der Waals surface area contributed by atoms with Crippen molar-refractivity contribution in [1.29, 1.82) is 0 Å². The highest BCUT2D eigenvalue weighted by Gasteiger charge is 2.42. The molecular formula is C77H120N6O22. The standard InChI is InChI=1S/C77H120N6O22/c1-5-54(72(88)80-23-30-101-36-34-99-28-21-78)44-64(76(93)94)48-62(68(85)51-82-70(86)20-27-98-33-39-104-41-40-103-38-32-97-26-7-8-66(84)19-25-83-71(87)50-69(74(83)90)105-67-17-18-67)42-52(3)58-13-9-56-12-16-61-47-59(14-10-57(61)11-15-60(56)46-58)53(4)43-63(49-65(77(95)96)45-55(6-2)75(91)92)73(89)81-24-31-102-37-35-100-29-22-79/h9-10,13-14,46-47,52-55,62-65,67,69H,5-8,11-12,15-45,48-51,78-79H2,1-4H3,(H,80,88)(H,81,89)(H,82,86)(H,91,92)(H,93,94)(H,95,96). The molecule has 2 aromatic rings. The van der Waals surface area contributed by atoms with E-state index in [4.69, 9.17) is 54.1 Å². The first kappa shape index (κ1) is 88.9. The third-order valence-electron chi connectivity index (χ3n) is 19.6. The molecule has 28 heteroatoms. The van der Waals surface area contributed by atoms with Gasteiger partial charge in [0.15, 0.2) is 5.78 Å². The van der Waals surface area contributed by atoms with Gasteiger partial charge in [-0.15, -0.1) is 0 Å². The lowest BCUT2D eigenvalue weighted by Gasteiger charge is -2.26. The Morgan fingerprint density at radius 2 is 0.914 bits per heavy atom. The molecule has 1 saturated heterocycles. The van der Waals surface area contributed by atoms with Gasteiger partial charge in [0.25, 0.3) is 5.91 Å². The number of imide groups is 1. The van der Waals surface area contributed by atoms with Crippen LogP contribution in [0.3, 0.4) is 0 Å². The fourth-order valence-electron chi connectivity index (χ4n) is 13.2. The maximum atomic E-state index is 14.4. The second-order valence-corrected chi connectivity index (χ2v) is 27.6. The number of amides is 5. The van der Waals surface area contributed by atoms with Gasteiger partial charge in [0, 0.05) is 76.3 Å². The van der Waals surface area contributed by atoms with E-state index in [1.54, 1.807) is 6.92 Å². The van der Waals surface area contributed by atoms with Crippen molar-refractivity contribution in [1.82, 2.24) is 20.9 Å². The van der Waals surface area contributed by atoms with Crippen LogP contribution in [0, 0.1) is 35.5 Å². The Kier molecular flexibility index (Phi) is 43.0. The third kappa shape index (κ3) is 34.4. The summed E-state index contributed by atoms with van der Waals surface area (Å²) in [5.41, 5.74) is 17.6. The highest BCUT2D eigenvalue weighted by Crippen LogP contribution is 2.36. The average molecular weight is 1480 g/mol. The lowest BCUT2D eigenvalue weighted by molar-refractivity contribution is -0.147. The molecule has 5 amide bonds. The number of carboxylic acid groups (broad SMARTS) is 3. The molecule has 0 aromatic heterocycles. The second-order valence-electron chi connectivity index (χ2n) is 27.6. The van der Waals surface area contributed by atoms with Crippen molar-refractivity contribution in [3.8, 4) is 0 Å². The van der Waals surface area contributed by atoms with Crippen LogP contribution < -0.4 is 27.4 Å². The first-order valence-electron chi connectivity index (χ1n) is 38.0. The van der Waals surface area contributed by atoms with Crippen LogP contribution in [0.4, 0.5) is 0 Å². The van der Waals surface area contributed by atoms with Crippen LogP contribution in [0.2, 0.25) is 0 Å². The van der Waals surface area contributed by atoms with Gasteiger partial charge in [-0.2, -0.15) is 0 Å². The van der Waals surface area contributed by atoms with Gasteiger partial charge in [-0.3, -0.25) is 52.8 Å². The SMILES string of the molecule is CCC(CC(CC(CC(C)c1ccc2c(c1)CCc1ccc(C(C)CC(CC(CC(CC)C(=O)NCCOCCOCCN)C(=O)O)C(=O)CNC(=O)CCOCCOCCOCCOCCCC(=O)CCN3C(=O)CC(OC4CC4)C3=O)cc1CC2)C(=O)NCCOCCOCCN)C(=O)O)C(=O)O. The number of aliphatic carboxylic acids is 3. The number of nitrogens with one attached hydrogen (secondary N) is 3. The first-order valence-corrected chi connectivity index (χ1v) is 38.0. The number of nitrogens with zero attached hydrogens (tertiary/aromatic N) is 1. The predicted octanol–water partition coefficient (Wildman–Crippen LogP) is 5.29. The number of nitrogens with two attached hydrogens (primary N) is 2. The maximum absolute atomic E-state index is 14.4. The van der Waals surface area contributed by atoms with Gasteiger partial charge in [-0.05, 0) is 142 Å². The molecule has 28 nitrogen and oxygen atoms in total. The minimum Gasteiger partial charge on any atom is -0.481 e. The Balaban J connectivity index is 1.12. The number of carbonyl (C=O) groups excluding carboxylic acids is 7. The summed E-state index contributed by atoms with van der Waals surface area (Å²) < 4.78 is 49.8. The van der Waals surface area contributed by atoms with E-state index in [0.29, 0.717) is 105 Å². The van der Waals surface area contributed by atoms with Crippen LogP contribution in [0.25, 0.3) is 0 Å². The zero-order chi connectivity index (χ0) is 76.3. The normalized spacial score (nSPS) is 16.7. The molecule has 1 heterocycles. The molecule has 9 unspecified atom stereocenters. The second kappa shape index (κ2) is 50.8. The lowest BCUT2D eigenvalue weighted by Crippen LogP contribution is -2.37. The zero-order valence-electron chi connectivity index (χ0n) is 62.4. The molecule has 1 saturated carbocycles. The van der Waals surface area contributed by atoms with Crippen LogP contribution in [0.1, 0.15) is 169 Å². The summed E-state index contributed by atoms with van der Waals surface area (Å²) in [6.07, 6.45) is 5.93.